The van der Waals surface area contributed by atoms with Crippen LogP contribution in [0.1, 0.15) is 33.1 Å². The molecule has 0 aliphatic carbocycles. The smallest absolute Gasteiger partial charge is 0.0488 e. The van der Waals surface area contributed by atoms with Crippen molar-refractivity contribution in [2.45, 2.75) is 39.2 Å². The normalized spacial score (nSPS) is 15.1. The maximum atomic E-state index is 5.14. The lowest BCUT2D eigenvalue weighted by molar-refractivity contribution is 0.148. The Labute approximate surface area is 88.7 Å². The number of methoxy groups -OCH3 is 1. The Morgan fingerprint density at radius 3 is 2.71 bits per heavy atom. The Kier molecular flexibility index (Phi) is 9.00. The molecule has 0 bridgehead atoms. The average Bonchev–Trinajstić information content (AvgIpc) is 2.15. The van der Waals surface area contributed by atoms with Crippen LogP contribution in [0.25, 0.3) is 0 Å². The summed E-state index contributed by atoms with van der Waals surface area (Å²) < 4.78 is 5.14. The summed E-state index contributed by atoms with van der Waals surface area (Å²) in [4.78, 5) is 0. The summed E-state index contributed by atoms with van der Waals surface area (Å²) >= 11 is 0. The van der Waals surface area contributed by atoms with E-state index in [2.05, 4.69) is 25.7 Å². The topological polar surface area (TPSA) is 21.3 Å². The lowest BCUT2D eigenvalue weighted by Crippen LogP contribution is -2.31. The molecule has 0 aromatic carbocycles. The minimum atomic E-state index is 0.614. The van der Waals surface area contributed by atoms with Crippen LogP contribution in [0.3, 0.4) is 0 Å². The number of rotatable bonds is 9. The van der Waals surface area contributed by atoms with Crippen LogP contribution < -0.4 is 5.32 Å². The molecule has 0 saturated heterocycles. The molecule has 0 aliphatic heterocycles. The molecule has 0 rings (SSSR count). The van der Waals surface area contributed by atoms with Crippen molar-refractivity contribution in [3.05, 3.63) is 12.7 Å². The van der Waals surface area contributed by atoms with Gasteiger partial charge < -0.3 is 10.1 Å². The zero-order valence-electron chi connectivity index (χ0n) is 9.88. The van der Waals surface area contributed by atoms with Gasteiger partial charge in [0.1, 0.15) is 0 Å². The van der Waals surface area contributed by atoms with E-state index in [0.717, 1.165) is 19.6 Å². The third-order valence-electron chi connectivity index (χ3n) is 2.35. The zero-order chi connectivity index (χ0) is 10.8. The van der Waals surface area contributed by atoms with Crippen molar-refractivity contribution in [1.29, 1.82) is 0 Å². The second-order valence-electron chi connectivity index (χ2n) is 3.92. The van der Waals surface area contributed by atoms with Crippen molar-refractivity contribution in [2.24, 2.45) is 5.92 Å². The van der Waals surface area contributed by atoms with Crippen LogP contribution >= 0.6 is 0 Å². The molecule has 0 aromatic rings. The van der Waals surface area contributed by atoms with E-state index in [0.29, 0.717) is 12.0 Å². The van der Waals surface area contributed by atoms with Crippen molar-refractivity contribution in [2.75, 3.05) is 20.3 Å². The molecule has 2 heteroatoms. The van der Waals surface area contributed by atoms with E-state index < -0.39 is 0 Å². The fraction of sp³-hybridized carbons (Fsp3) is 0.833. The summed E-state index contributed by atoms with van der Waals surface area (Å²) in [5, 5.41) is 3.50. The molecular formula is C12H25NO. The molecule has 2 nitrogen and oxygen atoms in total. The van der Waals surface area contributed by atoms with E-state index in [1.54, 1.807) is 7.11 Å². The molecule has 1 N–H and O–H groups in total. The third kappa shape index (κ3) is 7.10. The molecule has 84 valence electrons. The monoisotopic (exact) mass is 199 g/mol. The number of nitrogens with one attached hydrogen (secondary N) is 1. The summed E-state index contributed by atoms with van der Waals surface area (Å²) in [6, 6.07) is 0.614. The van der Waals surface area contributed by atoms with Gasteiger partial charge in [-0.1, -0.05) is 19.9 Å². The molecule has 0 fully saturated rings. The molecule has 2 unspecified atom stereocenters. The number of ether oxygens (including phenoxy) is 1. The molecule has 0 radical (unpaired) electrons. The average molecular weight is 199 g/mol. The number of allylic oxidation sites excluding steroid dienone is 1. The van der Waals surface area contributed by atoms with Crippen molar-refractivity contribution in [3.8, 4) is 0 Å². The molecule has 14 heavy (non-hydrogen) atoms. The van der Waals surface area contributed by atoms with Crippen LogP contribution in [0.5, 0.6) is 0 Å². The van der Waals surface area contributed by atoms with Crippen molar-refractivity contribution in [1.82, 2.24) is 5.32 Å². The van der Waals surface area contributed by atoms with E-state index >= 15 is 0 Å². The zero-order valence-corrected chi connectivity index (χ0v) is 9.88. The molecule has 0 heterocycles. The molecule has 2 atom stereocenters. The van der Waals surface area contributed by atoms with Crippen LogP contribution in [0, 0.1) is 5.92 Å². The van der Waals surface area contributed by atoms with Gasteiger partial charge in [-0.05, 0) is 31.7 Å². The van der Waals surface area contributed by atoms with E-state index in [4.69, 9.17) is 4.74 Å². The summed E-state index contributed by atoms with van der Waals surface area (Å²) in [7, 11) is 1.77. The highest BCUT2D eigenvalue weighted by molar-refractivity contribution is 4.75. The quantitative estimate of drug-likeness (QED) is 0.576. The lowest BCUT2D eigenvalue weighted by atomic mass is 9.99. The number of hydrogen-bond donors (Lipinski definition) is 1. The van der Waals surface area contributed by atoms with E-state index in [-0.39, 0.29) is 0 Å². The predicted octanol–water partition coefficient (Wildman–Crippen LogP) is 2.60. The van der Waals surface area contributed by atoms with Crippen LogP contribution in [0.4, 0.5) is 0 Å². The first-order valence-electron chi connectivity index (χ1n) is 5.57. The van der Waals surface area contributed by atoms with Gasteiger partial charge in [-0.3, -0.25) is 0 Å². The van der Waals surface area contributed by atoms with Crippen molar-refractivity contribution in [3.63, 3.8) is 0 Å². The summed E-state index contributed by atoms with van der Waals surface area (Å²) in [5.74, 6) is 0.633. The lowest BCUT2D eigenvalue weighted by Gasteiger charge is -2.20. The molecule has 0 amide bonds. The van der Waals surface area contributed by atoms with Crippen molar-refractivity contribution < 1.29 is 4.74 Å². The van der Waals surface area contributed by atoms with E-state index in [9.17, 15) is 0 Å². The Morgan fingerprint density at radius 2 is 2.21 bits per heavy atom. The first-order valence-corrected chi connectivity index (χ1v) is 5.57. The standard InChI is InChI=1S/C12H25NO/c1-5-7-8-12(13-6-2)9-11(3)10-14-4/h5,11-13H,1,6-10H2,2-4H3. The molecule has 0 saturated carbocycles. The fourth-order valence-corrected chi connectivity index (χ4v) is 1.75. The number of hydrogen-bond acceptors (Lipinski definition) is 2. The highest BCUT2D eigenvalue weighted by Gasteiger charge is 2.11. The van der Waals surface area contributed by atoms with E-state index in [1.165, 1.54) is 12.8 Å². The second kappa shape index (κ2) is 9.22. The summed E-state index contributed by atoms with van der Waals surface area (Å²) in [6.07, 6.45) is 5.46. The van der Waals surface area contributed by atoms with Gasteiger partial charge in [0.05, 0.1) is 0 Å². The Hall–Kier alpha value is -0.340. The third-order valence-corrected chi connectivity index (χ3v) is 2.35. The second-order valence-corrected chi connectivity index (χ2v) is 3.92. The van der Waals surface area contributed by atoms with Gasteiger partial charge in [-0.25, -0.2) is 0 Å². The highest BCUT2D eigenvalue weighted by Crippen LogP contribution is 2.11. The van der Waals surface area contributed by atoms with Gasteiger partial charge in [-0.15, -0.1) is 6.58 Å². The minimum absolute atomic E-state index is 0.614. The van der Waals surface area contributed by atoms with Gasteiger partial charge in [-0.2, -0.15) is 0 Å². The van der Waals surface area contributed by atoms with Gasteiger partial charge in [0.2, 0.25) is 0 Å². The predicted molar refractivity (Wildman–Crippen MR) is 62.6 cm³/mol. The van der Waals surface area contributed by atoms with Crippen LogP contribution in [0.15, 0.2) is 12.7 Å². The first-order chi connectivity index (χ1) is 6.74. The van der Waals surface area contributed by atoms with Gasteiger partial charge in [0.15, 0.2) is 0 Å². The molecular weight excluding hydrogens is 174 g/mol. The maximum absolute atomic E-state index is 5.14. The molecule has 0 aromatic heterocycles. The Morgan fingerprint density at radius 1 is 1.50 bits per heavy atom. The van der Waals surface area contributed by atoms with Gasteiger partial charge >= 0.3 is 0 Å². The minimum Gasteiger partial charge on any atom is -0.384 e. The van der Waals surface area contributed by atoms with Crippen molar-refractivity contribution >= 4 is 0 Å². The van der Waals surface area contributed by atoms with E-state index in [1.807, 2.05) is 6.08 Å². The largest absolute Gasteiger partial charge is 0.384 e. The summed E-state index contributed by atoms with van der Waals surface area (Å²) in [5.41, 5.74) is 0. The fourth-order valence-electron chi connectivity index (χ4n) is 1.75. The van der Waals surface area contributed by atoms with Crippen LogP contribution in [-0.4, -0.2) is 26.3 Å². The Bertz CT molecular complexity index is 136. The maximum Gasteiger partial charge on any atom is 0.0488 e. The van der Waals surface area contributed by atoms with Gasteiger partial charge in [0, 0.05) is 19.8 Å². The Balaban J connectivity index is 3.75. The van der Waals surface area contributed by atoms with Crippen LogP contribution in [-0.2, 0) is 4.74 Å². The summed E-state index contributed by atoms with van der Waals surface area (Å²) in [6.45, 7) is 10.0. The SMILES string of the molecule is C=CCCC(CC(C)COC)NCC. The molecule has 0 aliphatic rings. The highest BCUT2D eigenvalue weighted by atomic mass is 16.5. The molecule has 0 spiro atoms. The van der Waals surface area contributed by atoms with Gasteiger partial charge in [0.25, 0.3) is 0 Å². The van der Waals surface area contributed by atoms with Crippen LogP contribution in [0.2, 0.25) is 0 Å². The first kappa shape index (κ1) is 13.7.